The fraction of sp³-hybridized carbons (Fsp3) is 0.227. The normalized spacial score (nSPS) is 14.6. The minimum atomic E-state index is -0.0563. The molecule has 1 aromatic heterocycles. The maximum absolute atomic E-state index is 12.6. The number of fused-ring (bicyclic) bond motifs is 2. The molecule has 0 spiro atoms. The Hall–Kier alpha value is -2.99. The molecule has 2 aliphatic heterocycles. The van der Waals surface area contributed by atoms with Gasteiger partial charge in [0.15, 0.2) is 11.5 Å². The number of hydrogen-bond acceptors (Lipinski definition) is 5. The Kier molecular flexibility index (Phi) is 4.41. The summed E-state index contributed by atoms with van der Waals surface area (Å²) >= 11 is 1.54. The van der Waals surface area contributed by atoms with Crippen LogP contribution in [0.2, 0.25) is 0 Å². The van der Waals surface area contributed by atoms with E-state index in [-0.39, 0.29) is 12.7 Å². The number of nitrogens with one attached hydrogen (secondary N) is 1. The van der Waals surface area contributed by atoms with Gasteiger partial charge in [0.25, 0.3) is 5.91 Å². The molecule has 0 bridgehead atoms. The van der Waals surface area contributed by atoms with E-state index in [9.17, 15) is 4.79 Å². The zero-order chi connectivity index (χ0) is 18.9. The van der Waals surface area contributed by atoms with Gasteiger partial charge in [-0.2, -0.15) is 0 Å². The minimum Gasteiger partial charge on any atom is -0.454 e. The molecule has 1 N–H and O–H groups in total. The molecule has 5 rings (SSSR count). The van der Waals surface area contributed by atoms with E-state index in [2.05, 4.69) is 34.5 Å². The van der Waals surface area contributed by atoms with E-state index in [1.807, 2.05) is 30.3 Å². The molecule has 0 aliphatic carbocycles. The van der Waals surface area contributed by atoms with Gasteiger partial charge < -0.3 is 19.7 Å². The van der Waals surface area contributed by atoms with Gasteiger partial charge in [-0.3, -0.25) is 4.79 Å². The number of benzene rings is 2. The maximum Gasteiger partial charge on any atom is 0.261 e. The van der Waals surface area contributed by atoms with E-state index in [4.69, 9.17) is 9.47 Å². The van der Waals surface area contributed by atoms with Crippen LogP contribution in [0.4, 0.5) is 10.7 Å². The lowest BCUT2D eigenvalue weighted by molar-refractivity contribution is 0.0955. The van der Waals surface area contributed by atoms with Crippen molar-refractivity contribution < 1.29 is 14.3 Å². The van der Waals surface area contributed by atoms with Gasteiger partial charge in [-0.1, -0.05) is 24.3 Å². The average molecular weight is 392 g/mol. The average Bonchev–Trinajstić information content (AvgIpc) is 3.41. The molecule has 142 valence electrons. The topological polar surface area (TPSA) is 50.8 Å². The molecule has 3 heterocycles. The van der Waals surface area contributed by atoms with Crippen LogP contribution < -0.4 is 19.7 Å². The first-order valence-electron chi connectivity index (χ1n) is 9.40. The van der Waals surface area contributed by atoms with Crippen molar-refractivity contribution in [3.05, 3.63) is 70.6 Å². The predicted octanol–water partition coefficient (Wildman–Crippen LogP) is 4.49. The van der Waals surface area contributed by atoms with E-state index in [0.29, 0.717) is 6.54 Å². The summed E-state index contributed by atoms with van der Waals surface area (Å²) in [6.07, 6.45) is 2.24. The highest BCUT2D eigenvalue weighted by atomic mass is 32.1. The Morgan fingerprint density at radius 1 is 1.07 bits per heavy atom. The fourth-order valence-corrected chi connectivity index (χ4v) is 4.64. The lowest BCUT2D eigenvalue weighted by Gasteiger charge is -2.30. The van der Waals surface area contributed by atoms with E-state index in [1.54, 1.807) is 0 Å². The number of para-hydroxylation sites is 1. The highest BCUT2D eigenvalue weighted by molar-refractivity contribution is 7.18. The molecular formula is C22H20N2O3S. The maximum atomic E-state index is 12.6. The summed E-state index contributed by atoms with van der Waals surface area (Å²) in [5.41, 5.74) is 3.61. The summed E-state index contributed by atoms with van der Waals surface area (Å²) in [5.74, 6) is 1.42. The molecule has 2 aromatic carbocycles. The summed E-state index contributed by atoms with van der Waals surface area (Å²) in [7, 11) is 0. The van der Waals surface area contributed by atoms with Crippen molar-refractivity contribution in [1.82, 2.24) is 5.32 Å². The Labute approximate surface area is 167 Å². The lowest BCUT2D eigenvalue weighted by atomic mass is 10.0. The van der Waals surface area contributed by atoms with Crippen LogP contribution in [-0.2, 0) is 13.0 Å². The first kappa shape index (κ1) is 17.1. The van der Waals surface area contributed by atoms with E-state index in [1.165, 1.54) is 22.6 Å². The first-order chi connectivity index (χ1) is 13.8. The van der Waals surface area contributed by atoms with Gasteiger partial charge in [-0.15, -0.1) is 11.3 Å². The van der Waals surface area contributed by atoms with Gasteiger partial charge in [-0.05, 0) is 54.3 Å². The van der Waals surface area contributed by atoms with Gasteiger partial charge in [0.2, 0.25) is 6.79 Å². The second-order valence-electron chi connectivity index (χ2n) is 6.89. The van der Waals surface area contributed by atoms with Crippen molar-refractivity contribution in [3.8, 4) is 11.5 Å². The number of carbonyl (C=O) groups is 1. The van der Waals surface area contributed by atoms with Crippen LogP contribution in [0, 0.1) is 0 Å². The van der Waals surface area contributed by atoms with Crippen molar-refractivity contribution in [3.63, 3.8) is 0 Å². The zero-order valence-corrected chi connectivity index (χ0v) is 16.1. The molecule has 2 aliphatic rings. The predicted molar refractivity (Wildman–Crippen MR) is 110 cm³/mol. The fourth-order valence-electron chi connectivity index (χ4n) is 3.68. The molecular weight excluding hydrogens is 372 g/mol. The number of rotatable bonds is 4. The van der Waals surface area contributed by atoms with Crippen LogP contribution in [-0.4, -0.2) is 19.2 Å². The molecule has 0 saturated carbocycles. The number of nitrogens with zero attached hydrogens (tertiary/aromatic N) is 1. The van der Waals surface area contributed by atoms with E-state index in [0.717, 1.165) is 46.3 Å². The molecule has 6 heteroatoms. The van der Waals surface area contributed by atoms with Gasteiger partial charge in [0.05, 0.1) is 9.88 Å². The van der Waals surface area contributed by atoms with Crippen molar-refractivity contribution in [2.45, 2.75) is 19.4 Å². The quantitative estimate of drug-likeness (QED) is 0.711. The Morgan fingerprint density at radius 3 is 2.93 bits per heavy atom. The third kappa shape index (κ3) is 3.20. The molecule has 3 aromatic rings. The molecule has 0 saturated heterocycles. The monoisotopic (exact) mass is 392 g/mol. The molecule has 28 heavy (non-hydrogen) atoms. The van der Waals surface area contributed by atoms with Crippen LogP contribution in [0.25, 0.3) is 0 Å². The van der Waals surface area contributed by atoms with E-state index < -0.39 is 0 Å². The zero-order valence-electron chi connectivity index (χ0n) is 15.3. The van der Waals surface area contributed by atoms with Crippen molar-refractivity contribution in [1.29, 1.82) is 0 Å². The number of thiophene rings is 1. The second kappa shape index (κ2) is 7.20. The molecule has 0 radical (unpaired) electrons. The summed E-state index contributed by atoms with van der Waals surface area (Å²) in [6, 6.07) is 18.2. The SMILES string of the molecule is O=C(NCc1ccc2c(c1)OCO2)c1ccc(N2CCCc3ccccc32)s1. The summed E-state index contributed by atoms with van der Waals surface area (Å²) in [5, 5.41) is 4.11. The third-order valence-electron chi connectivity index (χ3n) is 5.08. The van der Waals surface area contributed by atoms with Crippen molar-refractivity contribution in [2.24, 2.45) is 0 Å². The van der Waals surface area contributed by atoms with Crippen LogP contribution >= 0.6 is 11.3 Å². The highest BCUT2D eigenvalue weighted by Crippen LogP contribution is 2.37. The summed E-state index contributed by atoms with van der Waals surface area (Å²) in [6.45, 7) is 1.69. The Morgan fingerprint density at radius 2 is 1.96 bits per heavy atom. The lowest BCUT2D eigenvalue weighted by Crippen LogP contribution is -2.23. The van der Waals surface area contributed by atoms with Crippen molar-refractivity contribution >= 4 is 27.9 Å². The van der Waals surface area contributed by atoms with Crippen molar-refractivity contribution in [2.75, 3.05) is 18.2 Å². The molecule has 0 fully saturated rings. The van der Waals surface area contributed by atoms with Crippen LogP contribution in [0.15, 0.2) is 54.6 Å². The van der Waals surface area contributed by atoms with Gasteiger partial charge in [0, 0.05) is 18.8 Å². The molecule has 1 amide bonds. The minimum absolute atomic E-state index is 0.0563. The number of hydrogen-bond donors (Lipinski definition) is 1. The van der Waals surface area contributed by atoms with Crippen LogP contribution in [0.5, 0.6) is 11.5 Å². The van der Waals surface area contributed by atoms with Crippen LogP contribution in [0.1, 0.15) is 27.2 Å². The second-order valence-corrected chi connectivity index (χ2v) is 7.95. The number of aryl methyl sites for hydroxylation is 1. The van der Waals surface area contributed by atoms with E-state index >= 15 is 0 Å². The standard InChI is InChI=1S/C22H20N2O3S/c25-22(23-13-15-7-8-18-19(12-15)27-14-26-18)20-9-10-21(28-20)24-11-3-5-16-4-1-2-6-17(16)24/h1-2,4,6-10,12H,3,5,11,13-14H2,(H,23,25). The third-order valence-corrected chi connectivity index (χ3v) is 6.19. The van der Waals surface area contributed by atoms with Gasteiger partial charge >= 0.3 is 0 Å². The summed E-state index contributed by atoms with van der Waals surface area (Å²) < 4.78 is 10.7. The molecule has 0 atom stereocenters. The number of carbonyl (C=O) groups excluding carboxylic acids is 1. The van der Waals surface area contributed by atoms with Crippen LogP contribution in [0.3, 0.4) is 0 Å². The van der Waals surface area contributed by atoms with Gasteiger partial charge in [-0.25, -0.2) is 0 Å². The highest BCUT2D eigenvalue weighted by Gasteiger charge is 2.20. The molecule has 5 nitrogen and oxygen atoms in total. The number of anilines is 2. The molecule has 0 unspecified atom stereocenters. The Bertz CT molecular complexity index is 1030. The number of ether oxygens (including phenoxy) is 2. The smallest absolute Gasteiger partial charge is 0.261 e. The first-order valence-corrected chi connectivity index (χ1v) is 10.2. The number of amides is 1. The largest absolute Gasteiger partial charge is 0.454 e. The Balaban J connectivity index is 1.28. The summed E-state index contributed by atoms with van der Waals surface area (Å²) in [4.78, 5) is 15.7. The van der Waals surface area contributed by atoms with Gasteiger partial charge in [0.1, 0.15) is 0 Å².